The molecule has 19 heavy (non-hydrogen) atoms. The van der Waals surface area contributed by atoms with Crippen molar-refractivity contribution < 1.29 is 9.59 Å². The fraction of sp³-hybridized carbons (Fsp3) is 0.429. The Bertz CT molecular complexity index is 504. The summed E-state index contributed by atoms with van der Waals surface area (Å²) < 4.78 is 0. The quantitative estimate of drug-likeness (QED) is 0.806. The van der Waals surface area contributed by atoms with Crippen LogP contribution in [0.3, 0.4) is 0 Å². The molecule has 0 bridgehead atoms. The number of fused-ring (bicyclic) bond motifs is 1. The van der Waals surface area contributed by atoms with Crippen LogP contribution in [0.1, 0.15) is 12.0 Å². The summed E-state index contributed by atoms with van der Waals surface area (Å²) in [5.74, 6) is -0.0892. The van der Waals surface area contributed by atoms with Gasteiger partial charge < -0.3 is 15.5 Å². The number of hydrogen-bond acceptors (Lipinski definition) is 3. The Kier molecular flexibility index (Phi) is 2.89. The first-order valence-corrected chi connectivity index (χ1v) is 6.55. The summed E-state index contributed by atoms with van der Waals surface area (Å²) in [5.41, 5.74) is 2.16. The Morgan fingerprint density at radius 3 is 2.89 bits per heavy atom. The number of para-hydroxylation sites is 1. The molecule has 0 radical (unpaired) electrons. The number of carbonyl (C=O) groups excluding carboxylic acids is 2. The topological polar surface area (TPSA) is 61.4 Å². The Hall–Kier alpha value is -2.04. The lowest BCUT2D eigenvalue weighted by atomic mass is 10.1. The van der Waals surface area contributed by atoms with Crippen LogP contribution in [0.15, 0.2) is 24.3 Å². The van der Waals surface area contributed by atoms with Crippen molar-refractivity contribution in [1.29, 1.82) is 0 Å². The second kappa shape index (κ2) is 4.57. The Balaban J connectivity index is 1.63. The molecule has 2 unspecified atom stereocenters. The molecule has 0 aliphatic carbocycles. The van der Waals surface area contributed by atoms with E-state index in [4.69, 9.17) is 0 Å². The third-order valence-corrected chi connectivity index (χ3v) is 3.83. The van der Waals surface area contributed by atoms with Crippen LogP contribution in [0.4, 0.5) is 5.69 Å². The van der Waals surface area contributed by atoms with Crippen molar-refractivity contribution >= 4 is 17.5 Å². The molecule has 5 nitrogen and oxygen atoms in total. The highest BCUT2D eigenvalue weighted by atomic mass is 16.2. The number of likely N-dealkylation sites (tertiary alicyclic amines) is 1. The van der Waals surface area contributed by atoms with Gasteiger partial charge in [-0.05, 0) is 18.1 Å². The molecule has 2 aliphatic rings. The van der Waals surface area contributed by atoms with Gasteiger partial charge in [-0.1, -0.05) is 18.2 Å². The third kappa shape index (κ3) is 2.16. The van der Waals surface area contributed by atoms with Crippen molar-refractivity contribution in [3.05, 3.63) is 29.8 Å². The molecule has 0 spiro atoms. The normalized spacial score (nSPS) is 25.1. The molecule has 1 fully saturated rings. The molecule has 1 aromatic carbocycles. The van der Waals surface area contributed by atoms with E-state index in [1.165, 1.54) is 0 Å². The summed E-state index contributed by atoms with van der Waals surface area (Å²) in [6, 6.07) is 7.28. The van der Waals surface area contributed by atoms with E-state index < -0.39 is 0 Å². The van der Waals surface area contributed by atoms with Gasteiger partial charge in [0, 0.05) is 25.7 Å². The third-order valence-electron chi connectivity index (χ3n) is 3.83. The smallest absolute Gasteiger partial charge is 0.244 e. The molecule has 2 N–H and O–H groups in total. The van der Waals surface area contributed by atoms with Crippen LogP contribution < -0.4 is 10.6 Å². The number of carbonyl (C=O) groups is 2. The van der Waals surface area contributed by atoms with E-state index in [-0.39, 0.29) is 23.9 Å². The first-order chi connectivity index (χ1) is 9.15. The predicted octanol–water partition coefficient (Wildman–Crippen LogP) is 0.370. The summed E-state index contributed by atoms with van der Waals surface area (Å²) in [6.07, 6.45) is 1.37. The zero-order valence-electron chi connectivity index (χ0n) is 10.8. The van der Waals surface area contributed by atoms with Gasteiger partial charge in [-0.15, -0.1) is 0 Å². The van der Waals surface area contributed by atoms with Gasteiger partial charge in [-0.25, -0.2) is 0 Å². The van der Waals surface area contributed by atoms with Crippen LogP contribution in [0, 0.1) is 0 Å². The molecule has 100 valence electrons. The minimum Gasteiger partial charge on any atom is -0.373 e. The minimum absolute atomic E-state index is 0.00358. The van der Waals surface area contributed by atoms with Gasteiger partial charge in [0.25, 0.3) is 0 Å². The van der Waals surface area contributed by atoms with E-state index in [2.05, 4.69) is 10.6 Å². The first-order valence-electron chi connectivity index (χ1n) is 6.55. The van der Waals surface area contributed by atoms with Crippen molar-refractivity contribution in [2.45, 2.75) is 24.9 Å². The molecule has 2 atom stereocenters. The molecule has 1 saturated heterocycles. The predicted molar refractivity (Wildman–Crippen MR) is 71.7 cm³/mol. The standard InChI is InChI=1S/C14H17N3O2/c1-17-7-6-11(14(17)19)16-13(18)12-8-9-4-2-3-5-10(9)15-12/h2-5,11-12,15H,6-8H2,1H3,(H,16,18). The Morgan fingerprint density at radius 1 is 1.42 bits per heavy atom. The highest BCUT2D eigenvalue weighted by Crippen LogP contribution is 2.25. The summed E-state index contributed by atoms with van der Waals surface area (Å²) in [7, 11) is 1.76. The average Bonchev–Trinajstić information content (AvgIpc) is 2.97. The number of anilines is 1. The molecule has 0 saturated carbocycles. The minimum atomic E-state index is -0.358. The number of nitrogens with zero attached hydrogens (tertiary/aromatic N) is 1. The SMILES string of the molecule is CN1CCC(NC(=O)C2Cc3ccccc3N2)C1=O. The highest BCUT2D eigenvalue weighted by Gasteiger charge is 2.33. The van der Waals surface area contributed by atoms with Crippen molar-refractivity contribution in [3.8, 4) is 0 Å². The summed E-state index contributed by atoms with van der Waals surface area (Å²) in [6.45, 7) is 0.710. The lowest BCUT2D eigenvalue weighted by Gasteiger charge is -2.16. The molecule has 2 amide bonds. The van der Waals surface area contributed by atoms with Gasteiger partial charge in [0.15, 0.2) is 0 Å². The van der Waals surface area contributed by atoms with Crippen LogP contribution in [0.25, 0.3) is 0 Å². The molecule has 1 aromatic rings. The lowest BCUT2D eigenvalue weighted by molar-refractivity contribution is -0.132. The fourth-order valence-corrected chi connectivity index (χ4v) is 2.68. The second-order valence-electron chi connectivity index (χ2n) is 5.17. The number of likely N-dealkylation sites (N-methyl/N-ethyl adjacent to an activating group) is 1. The van der Waals surface area contributed by atoms with Crippen molar-refractivity contribution in [2.75, 3.05) is 18.9 Å². The molecule has 2 heterocycles. The molecular formula is C14H17N3O2. The maximum atomic E-state index is 12.2. The molecule has 5 heteroatoms. The maximum Gasteiger partial charge on any atom is 0.244 e. The molecule has 0 aromatic heterocycles. The second-order valence-corrected chi connectivity index (χ2v) is 5.17. The summed E-state index contributed by atoms with van der Waals surface area (Å²) >= 11 is 0. The van der Waals surface area contributed by atoms with E-state index in [0.717, 1.165) is 11.3 Å². The zero-order valence-corrected chi connectivity index (χ0v) is 10.8. The number of rotatable bonds is 2. The molecular weight excluding hydrogens is 242 g/mol. The number of nitrogens with one attached hydrogen (secondary N) is 2. The molecule has 2 aliphatic heterocycles. The van der Waals surface area contributed by atoms with Crippen LogP contribution >= 0.6 is 0 Å². The average molecular weight is 259 g/mol. The van der Waals surface area contributed by atoms with Gasteiger partial charge >= 0.3 is 0 Å². The van der Waals surface area contributed by atoms with Crippen LogP contribution in [0.2, 0.25) is 0 Å². The van der Waals surface area contributed by atoms with E-state index in [1.807, 2.05) is 24.3 Å². The van der Waals surface area contributed by atoms with E-state index >= 15 is 0 Å². The van der Waals surface area contributed by atoms with Gasteiger partial charge in [-0.3, -0.25) is 9.59 Å². The maximum absolute atomic E-state index is 12.2. The van der Waals surface area contributed by atoms with Crippen molar-refractivity contribution in [3.63, 3.8) is 0 Å². The summed E-state index contributed by atoms with van der Waals surface area (Å²) in [5, 5.41) is 6.04. The van der Waals surface area contributed by atoms with Crippen molar-refractivity contribution in [1.82, 2.24) is 10.2 Å². The number of amides is 2. The van der Waals surface area contributed by atoms with E-state index in [0.29, 0.717) is 19.4 Å². The first kappa shape index (κ1) is 12.0. The lowest BCUT2D eigenvalue weighted by Crippen LogP contribution is -2.46. The van der Waals surface area contributed by atoms with Crippen LogP contribution in [-0.4, -0.2) is 42.4 Å². The number of hydrogen-bond donors (Lipinski definition) is 2. The largest absolute Gasteiger partial charge is 0.373 e. The van der Waals surface area contributed by atoms with Gasteiger partial charge in [-0.2, -0.15) is 0 Å². The van der Waals surface area contributed by atoms with Gasteiger partial charge in [0.05, 0.1) is 0 Å². The zero-order chi connectivity index (χ0) is 13.4. The monoisotopic (exact) mass is 259 g/mol. The van der Waals surface area contributed by atoms with E-state index in [1.54, 1.807) is 11.9 Å². The number of benzene rings is 1. The van der Waals surface area contributed by atoms with Gasteiger partial charge in [0.1, 0.15) is 12.1 Å². The van der Waals surface area contributed by atoms with E-state index in [9.17, 15) is 9.59 Å². The molecule has 3 rings (SSSR count). The highest BCUT2D eigenvalue weighted by molar-refractivity contribution is 5.93. The fourth-order valence-electron chi connectivity index (χ4n) is 2.68. The summed E-state index contributed by atoms with van der Waals surface area (Å²) in [4.78, 5) is 25.6. The van der Waals surface area contributed by atoms with Crippen LogP contribution in [0.5, 0.6) is 0 Å². The Morgan fingerprint density at radius 2 is 2.21 bits per heavy atom. The Labute approximate surface area is 112 Å². The van der Waals surface area contributed by atoms with Gasteiger partial charge in [0.2, 0.25) is 11.8 Å². The van der Waals surface area contributed by atoms with Crippen molar-refractivity contribution in [2.24, 2.45) is 0 Å². The van der Waals surface area contributed by atoms with Crippen LogP contribution in [-0.2, 0) is 16.0 Å².